The predicted molar refractivity (Wildman–Crippen MR) is 94.9 cm³/mol. The molecule has 2 aromatic carbocycles. The lowest BCUT2D eigenvalue weighted by Gasteiger charge is -2.28. The molecule has 0 radical (unpaired) electrons. The zero-order valence-electron chi connectivity index (χ0n) is 13.5. The zero-order valence-corrected chi connectivity index (χ0v) is 14.2. The summed E-state index contributed by atoms with van der Waals surface area (Å²) in [5, 5.41) is 10.5. The molecule has 122 valence electrons. The summed E-state index contributed by atoms with van der Waals surface area (Å²) in [5.74, 6) is -0.690. The van der Waals surface area contributed by atoms with Crippen LogP contribution in [0.15, 0.2) is 54.6 Å². The molecule has 2 nitrogen and oxygen atoms in total. The highest BCUT2D eigenvalue weighted by Gasteiger charge is 2.35. The van der Waals surface area contributed by atoms with Crippen LogP contribution in [-0.4, -0.2) is 11.1 Å². The van der Waals surface area contributed by atoms with E-state index in [4.69, 9.17) is 11.6 Å². The smallest absolute Gasteiger partial charge is 0.309 e. The minimum absolute atomic E-state index is 0.642. The summed E-state index contributed by atoms with van der Waals surface area (Å²) in [6.45, 7) is 1.97. The van der Waals surface area contributed by atoms with E-state index in [1.54, 1.807) is 0 Å². The Bertz CT molecular complexity index is 622. The van der Waals surface area contributed by atoms with Gasteiger partial charge in [0.05, 0.1) is 5.41 Å². The summed E-state index contributed by atoms with van der Waals surface area (Å²) < 4.78 is 0. The lowest BCUT2D eigenvalue weighted by Crippen LogP contribution is -2.31. The first-order valence-electron chi connectivity index (χ1n) is 8.07. The number of hydrogen-bond acceptors (Lipinski definition) is 1. The van der Waals surface area contributed by atoms with Gasteiger partial charge in [-0.25, -0.2) is 0 Å². The summed E-state index contributed by atoms with van der Waals surface area (Å²) in [6, 6.07) is 17.8. The largest absolute Gasteiger partial charge is 0.481 e. The van der Waals surface area contributed by atoms with Crippen molar-refractivity contribution in [1.29, 1.82) is 0 Å². The molecular weight excluding hydrogens is 308 g/mol. The van der Waals surface area contributed by atoms with Gasteiger partial charge in [0, 0.05) is 5.02 Å². The van der Waals surface area contributed by atoms with Crippen LogP contribution in [0.4, 0.5) is 0 Å². The van der Waals surface area contributed by atoms with Gasteiger partial charge < -0.3 is 5.11 Å². The molecule has 2 aromatic rings. The zero-order chi connectivity index (χ0) is 16.7. The maximum atomic E-state index is 11.9. The van der Waals surface area contributed by atoms with Crippen molar-refractivity contribution in [1.82, 2.24) is 0 Å². The van der Waals surface area contributed by atoms with Crippen LogP contribution in [0.2, 0.25) is 5.02 Å². The number of halogens is 1. The summed E-state index contributed by atoms with van der Waals surface area (Å²) in [5.41, 5.74) is 1.65. The van der Waals surface area contributed by atoms with E-state index in [0.717, 1.165) is 18.4 Å². The van der Waals surface area contributed by atoms with Crippen LogP contribution >= 0.6 is 11.6 Å². The van der Waals surface area contributed by atoms with E-state index in [1.807, 2.05) is 49.4 Å². The molecule has 0 aliphatic heterocycles. The van der Waals surface area contributed by atoms with Gasteiger partial charge in [0.2, 0.25) is 0 Å². The van der Waals surface area contributed by atoms with Crippen molar-refractivity contribution < 1.29 is 9.90 Å². The number of carbonyl (C=O) groups is 1. The minimum atomic E-state index is -0.690. The van der Waals surface area contributed by atoms with E-state index in [0.29, 0.717) is 24.3 Å². The average Bonchev–Trinajstić information content (AvgIpc) is 2.57. The maximum Gasteiger partial charge on any atom is 0.309 e. The van der Waals surface area contributed by atoms with Crippen LogP contribution < -0.4 is 0 Å². The van der Waals surface area contributed by atoms with Crippen LogP contribution in [0, 0.1) is 5.41 Å². The summed E-state index contributed by atoms with van der Waals surface area (Å²) >= 11 is 5.90. The fraction of sp³-hybridized carbons (Fsp3) is 0.350. The quantitative estimate of drug-likeness (QED) is 0.705. The SMILES string of the molecule is CCC(CCc1ccccc1)(CCc1ccc(Cl)cc1)C(=O)O. The Labute approximate surface area is 143 Å². The predicted octanol–water partition coefficient (Wildman–Crippen LogP) is 5.39. The standard InChI is InChI=1S/C20H23ClO2/c1-2-20(19(22)23,14-12-16-6-4-3-5-7-16)15-13-17-8-10-18(21)11-9-17/h3-11H,2,12-15H2,1H3,(H,22,23). The van der Waals surface area contributed by atoms with Crippen LogP contribution in [0.25, 0.3) is 0 Å². The van der Waals surface area contributed by atoms with Crippen LogP contribution in [-0.2, 0) is 17.6 Å². The molecule has 0 spiro atoms. The van der Waals surface area contributed by atoms with Crippen molar-refractivity contribution in [2.24, 2.45) is 5.41 Å². The Balaban J connectivity index is 2.05. The molecule has 23 heavy (non-hydrogen) atoms. The molecule has 0 heterocycles. The summed E-state index contributed by atoms with van der Waals surface area (Å²) in [4.78, 5) is 11.9. The van der Waals surface area contributed by atoms with Gasteiger partial charge in [0.15, 0.2) is 0 Å². The van der Waals surface area contributed by atoms with E-state index in [2.05, 4.69) is 12.1 Å². The molecule has 0 amide bonds. The topological polar surface area (TPSA) is 37.3 Å². The van der Waals surface area contributed by atoms with Crippen molar-refractivity contribution >= 4 is 17.6 Å². The molecule has 0 aliphatic carbocycles. The molecule has 0 aromatic heterocycles. The lowest BCUT2D eigenvalue weighted by molar-refractivity contribution is -0.150. The molecule has 1 N–H and O–H groups in total. The van der Waals surface area contributed by atoms with Gasteiger partial charge in [-0.2, -0.15) is 0 Å². The van der Waals surface area contributed by atoms with Gasteiger partial charge >= 0.3 is 5.97 Å². The Morgan fingerprint density at radius 1 is 0.957 bits per heavy atom. The number of hydrogen-bond donors (Lipinski definition) is 1. The highest BCUT2D eigenvalue weighted by Crippen LogP contribution is 2.34. The second kappa shape index (κ2) is 8.16. The summed E-state index contributed by atoms with van der Waals surface area (Å²) in [6.07, 6.45) is 3.50. The fourth-order valence-electron chi connectivity index (χ4n) is 2.91. The monoisotopic (exact) mass is 330 g/mol. The number of rotatable bonds is 8. The normalized spacial score (nSPS) is 13.5. The van der Waals surface area contributed by atoms with Gasteiger partial charge in [-0.1, -0.05) is 61.0 Å². The van der Waals surface area contributed by atoms with Crippen molar-refractivity contribution in [2.75, 3.05) is 0 Å². The van der Waals surface area contributed by atoms with Crippen LogP contribution in [0.5, 0.6) is 0 Å². The average molecular weight is 331 g/mol. The second-order valence-corrected chi connectivity index (χ2v) is 6.49. The molecule has 2 rings (SSSR count). The number of benzene rings is 2. The van der Waals surface area contributed by atoms with E-state index >= 15 is 0 Å². The molecule has 3 heteroatoms. The molecule has 0 fully saturated rings. The van der Waals surface area contributed by atoms with Gasteiger partial charge in [-0.3, -0.25) is 4.79 Å². The molecule has 0 bridgehead atoms. The van der Waals surface area contributed by atoms with E-state index in [1.165, 1.54) is 5.56 Å². The lowest BCUT2D eigenvalue weighted by atomic mass is 9.75. The first kappa shape index (κ1) is 17.6. The Morgan fingerprint density at radius 3 is 1.96 bits per heavy atom. The van der Waals surface area contributed by atoms with Crippen LogP contribution in [0.3, 0.4) is 0 Å². The van der Waals surface area contributed by atoms with Gasteiger partial charge in [0.1, 0.15) is 0 Å². The van der Waals surface area contributed by atoms with Gasteiger partial charge in [-0.15, -0.1) is 0 Å². The first-order valence-corrected chi connectivity index (χ1v) is 8.45. The fourth-order valence-corrected chi connectivity index (χ4v) is 3.03. The number of carboxylic acids is 1. The highest BCUT2D eigenvalue weighted by molar-refractivity contribution is 6.30. The van der Waals surface area contributed by atoms with Gasteiger partial charge in [0.25, 0.3) is 0 Å². The molecule has 1 unspecified atom stereocenters. The van der Waals surface area contributed by atoms with E-state index in [9.17, 15) is 9.90 Å². The van der Waals surface area contributed by atoms with Crippen molar-refractivity contribution in [3.05, 3.63) is 70.7 Å². The Kier molecular flexibility index (Phi) is 6.23. The van der Waals surface area contributed by atoms with Crippen molar-refractivity contribution in [3.8, 4) is 0 Å². The second-order valence-electron chi connectivity index (χ2n) is 6.05. The third-order valence-electron chi connectivity index (χ3n) is 4.67. The van der Waals surface area contributed by atoms with E-state index < -0.39 is 11.4 Å². The molecular formula is C20H23ClO2. The first-order chi connectivity index (χ1) is 11.1. The third kappa shape index (κ3) is 4.84. The molecule has 0 saturated heterocycles. The molecule has 0 saturated carbocycles. The Hall–Kier alpha value is -1.80. The number of carboxylic acid groups (broad SMARTS) is 1. The highest BCUT2D eigenvalue weighted by atomic mass is 35.5. The number of aryl methyl sites for hydroxylation is 2. The number of aliphatic carboxylic acids is 1. The molecule has 0 aliphatic rings. The van der Waals surface area contributed by atoms with E-state index in [-0.39, 0.29) is 0 Å². The van der Waals surface area contributed by atoms with Gasteiger partial charge in [-0.05, 0) is 55.4 Å². The minimum Gasteiger partial charge on any atom is -0.481 e. The summed E-state index contributed by atoms with van der Waals surface area (Å²) in [7, 11) is 0. The maximum absolute atomic E-state index is 11.9. The van der Waals surface area contributed by atoms with Crippen molar-refractivity contribution in [2.45, 2.75) is 39.0 Å². The molecule has 1 atom stereocenters. The third-order valence-corrected chi connectivity index (χ3v) is 4.92. The van der Waals surface area contributed by atoms with Crippen LogP contribution in [0.1, 0.15) is 37.3 Å². The Morgan fingerprint density at radius 2 is 1.48 bits per heavy atom. The van der Waals surface area contributed by atoms with Crippen molar-refractivity contribution in [3.63, 3.8) is 0 Å².